The van der Waals surface area contributed by atoms with Crippen LogP contribution < -0.4 is 0 Å². The van der Waals surface area contributed by atoms with E-state index < -0.39 is 10.0 Å². The fourth-order valence-electron chi connectivity index (χ4n) is 2.67. The van der Waals surface area contributed by atoms with E-state index in [4.69, 9.17) is 11.6 Å². The highest BCUT2D eigenvalue weighted by atomic mass is 35.5. The first-order chi connectivity index (χ1) is 12.0. The van der Waals surface area contributed by atoms with E-state index in [-0.39, 0.29) is 23.9 Å². The fourth-order valence-corrected chi connectivity index (χ4v) is 4.22. The number of benzene rings is 1. The van der Waals surface area contributed by atoms with Crippen molar-refractivity contribution in [3.63, 3.8) is 0 Å². The number of nitrogens with zero attached hydrogens (tertiary/aromatic N) is 4. The number of rotatable bonds is 5. The van der Waals surface area contributed by atoms with Gasteiger partial charge < -0.3 is 4.90 Å². The van der Waals surface area contributed by atoms with Gasteiger partial charge in [0.1, 0.15) is 12.2 Å². The Kier molecular flexibility index (Phi) is 5.36. The van der Waals surface area contributed by atoms with Crippen molar-refractivity contribution in [2.24, 2.45) is 0 Å². The van der Waals surface area contributed by atoms with Gasteiger partial charge in [0.2, 0.25) is 15.9 Å². The average Bonchev–Trinajstić information content (AvgIpc) is 3.14. The smallest absolute Gasteiger partial charge is 0.243 e. The van der Waals surface area contributed by atoms with Crippen molar-refractivity contribution in [2.75, 3.05) is 26.2 Å². The predicted octanol–water partition coefficient (Wildman–Crippen LogP) is 0.924. The largest absolute Gasteiger partial charge is 0.340 e. The third-order valence-corrected chi connectivity index (χ3v) is 6.25. The fraction of sp³-hybridized carbons (Fsp3) is 0.400. The molecule has 8 nitrogen and oxygen atoms in total. The third kappa shape index (κ3) is 4.17. The SMILES string of the molecule is O=C(CCc1ncn[nH]1)N1CCN(S(=O)(=O)c2ccc(Cl)cc2)CC1. The van der Waals surface area contributed by atoms with Gasteiger partial charge in [-0.2, -0.15) is 9.40 Å². The first kappa shape index (κ1) is 17.8. The Bertz CT molecular complexity index is 815. The maximum Gasteiger partial charge on any atom is 0.243 e. The summed E-state index contributed by atoms with van der Waals surface area (Å²) in [6.07, 6.45) is 2.21. The summed E-state index contributed by atoms with van der Waals surface area (Å²) in [7, 11) is -3.56. The summed E-state index contributed by atoms with van der Waals surface area (Å²) in [6.45, 7) is 1.31. The van der Waals surface area contributed by atoms with Crippen molar-refractivity contribution in [2.45, 2.75) is 17.7 Å². The molecule has 25 heavy (non-hydrogen) atoms. The molecule has 0 unspecified atom stereocenters. The van der Waals surface area contributed by atoms with Crippen molar-refractivity contribution in [3.8, 4) is 0 Å². The summed E-state index contributed by atoms with van der Waals surface area (Å²) in [6, 6.07) is 6.09. The lowest BCUT2D eigenvalue weighted by molar-refractivity contribution is -0.132. The Morgan fingerprint density at radius 3 is 2.44 bits per heavy atom. The van der Waals surface area contributed by atoms with Crippen molar-refractivity contribution in [1.29, 1.82) is 0 Å². The first-order valence-electron chi connectivity index (χ1n) is 7.84. The number of aryl methyl sites for hydroxylation is 1. The molecule has 0 radical (unpaired) electrons. The Hall–Kier alpha value is -1.97. The third-order valence-electron chi connectivity index (χ3n) is 4.08. The molecule has 1 fully saturated rings. The van der Waals surface area contributed by atoms with Gasteiger partial charge in [0.25, 0.3) is 0 Å². The van der Waals surface area contributed by atoms with Gasteiger partial charge in [0, 0.05) is 44.0 Å². The number of H-pyrrole nitrogens is 1. The molecular formula is C15H18ClN5O3S. The summed E-state index contributed by atoms with van der Waals surface area (Å²) in [5, 5.41) is 6.94. The van der Waals surface area contributed by atoms with Crippen LogP contribution in [0.2, 0.25) is 5.02 Å². The monoisotopic (exact) mass is 383 g/mol. The van der Waals surface area contributed by atoms with Crippen LogP contribution in [0.25, 0.3) is 0 Å². The molecule has 10 heteroatoms. The van der Waals surface area contributed by atoms with Gasteiger partial charge in [-0.05, 0) is 24.3 Å². The van der Waals surface area contributed by atoms with Crippen molar-refractivity contribution < 1.29 is 13.2 Å². The summed E-state index contributed by atoms with van der Waals surface area (Å²) in [4.78, 5) is 18.1. The first-order valence-corrected chi connectivity index (χ1v) is 9.66. The minimum atomic E-state index is -3.56. The number of aromatic nitrogens is 3. The van der Waals surface area contributed by atoms with Gasteiger partial charge in [-0.15, -0.1) is 0 Å². The molecule has 1 N–H and O–H groups in total. The highest BCUT2D eigenvalue weighted by Crippen LogP contribution is 2.20. The normalized spacial score (nSPS) is 16.1. The van der Waals surface area contributed by atoms with Crippen LogP contribution in [-0.4, -0.2) is 64.9 Å². The van der Waals surface area contributed by atoms with E-state index in [2.05, 4.69) is 15.2 Å². The number of carbonyl (C=O) groups excluding carboxylic acids is 1. The maximum absolute atomic E-state index is 12.6. The summed E-state index contributed by atoms with van der Waals surface area (Å²) in [5.74, 6) is 0.650. The lowest BCUT2D eigenvalue weighted by atomic mass is 10.2. The van der Waals surface area contributed by atoms with Gasteiger partial charge in [-0.1, -0.05) is 11.6 Å². The van der Waals surface area contributed by atoms with Crippen LogP contribution >= 0.6 is 11.6 Å². The van der Waals surface area contributed by atoms with Gasteiger partial charge in [0.05, 0.1) is 4.90 Å². The van der Waals surface area contributed by atoms with Gasteiger partial charge in [-0.3, -0.25) is 9.89 Å². The molecule has 0 atom stereocenters. The molecule has 0 bridgehead atoms. The molecule has 1 amide bonds. The number of carbonyl (C=O) groups is 1. The van der Waals surface area contributed by atoms with E-state index >= 15 is 0 Å². The highest BCUT2D eigenvalue weighted by Gasteiger charge is 2.29. The highest BCUT2D eigenvalue weighted by molar-refractivity contribution is 7.89. The number of piperazine rings is 1. The van der Waals surface area contributed by atoms with Crippen LogP contribution in [0.5, 0.6) is 0 Å². The van der Waals surface area contributed by atoms with Crippen LogP contribution in [-0.2, 0) is 21.2 Å². The lowest BCUT2D eigenvalue weighted by Crippen LogP contribution is -2.50. The number of halogens is 1. The number of hydrogen-bond donors (Lipinski definition) is 1. The van der Waals surface area contributed by atoms with Crippen molar-refractivity contribution in [3.05, 3.63) is 41.4 Å². The van der Waals surface area contributed by atoms with E-state index in [0.717, 1.165) is 0 Å². The van der Waals surface area contributed by atoms with E-state index in [9.17, 15) is 13.2 Å². The average molecular weight is 384 g/mol. The zero-order chi connectivity index (χ0) is 17.9. The molecule has 2 heterocycles. The van der Waals surface area contributed by atoms with Gasteiger partial charge in [0.15, 0.2) is 0 Å². The Morgan fingerprint density at radius 1 is 1.16 bits per heavy atom. The minimum absolute atomic E-state index is 0.0139. The van der Waals surface area contributed by atoms with Crippen LogP contribution in [0.1, 0.15) is 12.2 Å². The Morgan fingerprint density at radius 2 is 1.84 bits per heavy atom. The molecular weight excluding hydrogens is 366 g/mol. The number of hydrogen-bond acceptors (Lipinski definition) is 5. The minimum Gasteiger partial charge on any atom is -0.340 e. The summed E-state index contributed by atoms with van der Waals surface area (Å²) in [5.41, 5.74) is 0. The molecule has 134 valence electrons. The molecule has 1 aromatic heterocycles. The van der Waals surface area contributed by atoms with E-state index in [1.807, 2.05) is 0 Å². The second-order valence-corrected chi connectivity index (χ2v) is 8.05. The second-order valence-electron chi connectivity index (χ2n) is 5.67. The number of nitrogens with one attached hydrogen (secondary N) is 1. The van der Waals surface area contributed by atoms with Crippen LogP contribution in [0.15, 0.2) is 35.5 Å². The molecule has 1 saturated heterocycles. The lowest BCUT2D eigenvalue weighted by Gasteiger charge is -2.34. The number of amides is 1. The topological polar surface area (TPSA) is 99.3 Å². The molecule has 0 saturated carbocycles. The predicted molar refractivity (Wildman–Crippen MR) is 91.5 cm³/mol. The number of aromatic amines is 1. The van der Waals surface area contributed by atoms with Crippen LogP contribution in [0.4, 0.5) is 0 Å². The summed E-state index contributed by atoms with van der Waals surface area (Å²) >= 11 is 5.80. The standard InChI is InChI=1S/C15H18ClN5O3S/c16-12-1-3-13(4-2-12)25(23,24)21-9-7-20(8-10-21)15(22)6-5-14-17-11-18-19-14/h1-4,11H,5-10H2,(H,17,18,19). The maximum atomic E-state index is 12.6. The summed E-state index contributed by atoms with van der Waals surface area (Å²) < 4.78 is 26.6. The molecule has 0 aliphatic carbocycles. The van der Waals surface area contributed by atoms with Crippen molar-refractivity contribution in [1.82, 2.24) is 24.4 Å². The molecule has 1 aliphatic heterocycles. The molecule has 2 aromatic rings. The molecule has 1 aromatic carbocycles. The quantitative estimate of drug-likeness (QED) is 0.827. The Labute approximate surface area is 150 Å². The van der Waals surface area contributed by atoms with Crippen LogP contribution in [0, 0.1) is 0 Å². The zero-order valence-corrected chi connectivity index (χ0v) is 15.0. The van der Waals surface area contributed by atoms with E-state index in [0.29, 0.717) is 36.8 Å². The van der Waals surface area contributed by atoms with Crippen molar-refractivity contribution >= 4 is 27.5 Å². The van der Waals surface area contributed by atoms with Gasteiger partial charge in [-0.25, -0.2) is 13.4 Å². The van der Waals surface area contributed by atoms with E-state index in [1.54, 1.807) is 17.0 Å². The van der Waals surface area contributed by atoms with E-state index in [1.165, 1.54) is 22.8 Å². The second kappa shape index (κ2) is 7.51. The van der Waals surface area contributed by atoms with Crippen LogP contribution in [0.3, 0.4) is 0 Å². The van der Waals surface area contributed by atoms with Gasteiger partial charge >= 0.3 is 0 Å². The molecule has 0 spiro atoms. The zero-order valence-electron chi connectivity index (χ0n) is 13.4. The number of sulfonamides is 1. The molecule has 3 rings (SSSR count). The molecule has 1 aliphatic rings. The Balaban J connectivity index is 1.55.